The quantitative estimate of drug-likeness (QED) is 0.886. The van der Waals surface area contributed by atoms with Gasteiger partial charge >= 0.3 is 0 Å². The lowest BCUT2D eigenvalue weighted by Gasteiger charge is -2.31. The zero-order chi connectivity index (χ0) is 18.0. The number of amides is 1. The number of anilines is 1. The average molecular weight is 364 g/mol. The number of carbonyl (C=O) groups is 1. The highest BCUT2D eigenvalue weighted by atomic mass is 32.2. The van der Waals surface area contributed by atoms with E-state index in [2.05, 4.69) is 15.5 Å². The van der Waals surface area contributed by atoms with Gasteiger partial charge in [0, 0.05) is 19.3 Å². The molecule has 1 fully saturated rings. The summed E-state index contributed by atoms with van der Waals surface area (Å²) in [4.78, 5) is 16.6. The molecule has 0 aliphatic carbocycles. The number of nitrogens with one attached hydrogen (secondary N) is 1. The van der Waals surface area contributed by atoms with Crippen molar-refractivity contribution in [1.29, 1.82) is 0 Å². The highest BCUT2D eigenvalue weighted by Gasteiger charge is 2.36. The number of carbonyl (C=O) groups excluding carboxylic acids is 1. The second-order valence-electron chi connectivity index (χ2n) is 6.06. The van der Waals surface area contributed by atoms with Gasteiger partial charge in [-0.05, 0) is 38.8 Å². The molecule has 3 heterocycles. The second-order valence-corrected chi connectivity index (χ2v) is 7.93. The van der Waals surface area contributed by atoms with E-state index < -0.39 is 15.9 Å². The Bertz CT molecular complexity index is 844. The summed E-state index contributed by atoms with van der Waals surface area (Å²) in [7, 11) is -3.74. The van der Waals surface area contributed by atoms with Crippen molar-refractivity contribution in [3.8, 4) is 0 Å². The SMILES string of the molecule is Cc1noc(C)c1S(=O)(=O)N1CCC[C@H](C(=O)Nc2ccccn2)C1. The summed E-state index contributed by atoms with van der Waals surface area (Å²) in [6, 6.07) is 5.23. The fourth-order valence-electron chi connectivity index (χ4n) is 3.01. The molecule has 1 N–H and O–H groups in total. The van der Waals surface area contributed by atoms with Crippen LogP contribution in [0.2, 0.25) is 0 Å². The number of aryl methyl sites for hydroxylation is 2. The molecule has 0 bridgehead atoms. The van der Waals surface area contributed by atoms with Crippen LogP contribution in [0.25, 0.3) is 0 Å². The Morgan fingerprint density at radius 2 is 2.16 bits per heavy atom. The summed E-state index contributed by atoms with van der Waals surface area (Å²) in [5.41, 5.74) is 0.331. The maximum absolute atomic E-state index is 12.9. The number of hydrogen-bond donors (Lipinski definition) is 1. The molecule has 2 aromatic heterocycles. The molecule has 25 heavy (non-hydrogen) atoms. The first-order valence-electron chi connectivity index (χ1n) is 8.04. The van der Waals surface area contributed by atoms with Crippen molar-refractivity contribution in [2.24, 2.45) is 5.92 Å². The predicted octanol–water partition coefficient (Wildman–Crippen LogP) is 1.73. The Balaban J connectivity index is 1.76. The van der Waals surface area contributed by atoms with E-state index >= 15 is 0 Å². The van der Waals surface area contributed by atoms with Crippen LogP contribution in [0.5, 0.6) is 0 Å². The van der Waals surface area contributed by atoms with Gasteiger partial charge in [0.05, 0.1) is 5.92 Å². The van der Waals surface area contributed by atoms with Gasteiger partial charge in [-0.1, -0.05) is 11.2 Å². The Morgan fingerprint density at radius 1 is 1.36 bits per heavy atom. The molecular weight excluding hydrogens is 344 g/mol. The second kappa shape index (κ2) is 6.93. The molecule has 1 aliphatic rings. The molecule has 0 saturated carbocycles. The van der Waals surface area contributed by atoms with E-state index in [1.165, 1.54) is 4.31 Å². The van der Waals surface area contributed by atoms with E-state index in [4.69, 9.17) is 4.52 Å². The Morgan fingerprint density at radius 3 is 2.80 bits per heavy atom. The summed E-state index contributed by atoms with van der Waals surface area (Å²) in [5.74, 6) is 0.0686. The first-order chi connectivity index (χ1) is 11.9. The van der Waals surface area contributed by atoms with Gasteiger partial charge in [0.25, 0.3) is 0 Å². The lowest BCUT2D eigenvalue weighted by Crippen LogP contribution is -2.44. The smallest absolute Gasteiger partial charge is 0.248 e. The Labute approximate surface area is 146 Å². The van der Waals surface area contributed by atoms with Crippen LogP contribution in [-0.2, 0) is 14.8 Å². The number of aromatic nitrogens is 2. The van der Waals surface area contributed by atoms with E-state index in [1.807, 2.05) is 0 Å². The van der Waals surface area contributed by atoms with Crippen molar-refractivity contribution in [3.05, 3.63) is 35.9 Å². The van der Waals surface area contributed by atoms with Crippen LogP contribution in [0.4, 0.5) is 5.82 Å². The zero-order valence-electron chi connectivity index (χ0n) is 14.1. The van der Waals surface area contributed by atoms with E-state index in [-0.39, 0.29) is 23.1 Å². The molecule has 1 saturated heterocycles. The van der Waals surface area contributed by atoms with Crippen molar-refractivity contribution in [2.45, 2.75) is 31.6 Å². The summed E-state index contributed by atoms with van der Waals surface area (Å²) in [5, 5.41) is 6.46. The third-order valence-electron chi connectivity index (χ3n) is 4.24. The molecule has 8 nitrogen and oxygen atoms in total. The fraction of sp³-hybridized carbons (Fsp3) is 0.438. The van der Waals surface area contributed by atoms with E-state index in [0.29, 0.717) is 30.9 Å². The molecule has 1 amide bonds. The molecule has 2 aromatic rings. The molecule has 134 valence electrons. The van der Waals surface area contributed by atoms with Crippen molar-refractivity contribution >= 4 is 21.7 Å². The van der Waals surface area contributed by atoms with Crippen LogP contribution < -0.4 is 5.32 Å². The number of nitrogens with zero attached hydrogens (tertiary/aromatic N) is 3. The van der Waals surface area contributed by atoms with E-state index in [9.17, 15) is 13.2 Å². The van der Waals surface area contributed by atoms with E-state index in [0.717, 1.165) is 0 Å². The molecule has 0 spiro atoms. The number of rotatable bonds is 4. The van der Waals surface area contributed by atoms with Crippen LogP contribution in [0, 0.1) is 19.8 Å². The lowest BCUT2D eigenvalue weighted by molar-refractivity contribution is -0.120. The number of sulfonamides is 1. The zero-order valence-corrected chi connectivity index (χ0v) is 14.9. The average Bonchev–Trinajstić information content (AvgIpc) is 2.95. The van der Waals surface area contributed by atoms with Crippen LogP contribution in [0.1, 0.15) is 24.3 Å². The highest BCUT2D eigenvalue weighted by Crippen LogP contribution is 2.28. The number of piperidine rings is 1. The van der Waals surface area contributed by atoms with Gasteiger partial charge in [-0.15, -0.1) is 0 Å². The monoisotopic (exact) mass is 364 g/mol. The van der Waals surface area contributed by atoms with Gasteiger partial charge in [-0.25, -0.2) is 13.4 Å². The molecular formula is C16H20N4O4S. The van der Waals surface area contributed by atoms with Gasteiger partial charge in [0.15, 0.2) is 5.76 Å². The number of pyridine rings is 1. The van der Waals surface area contributed by atoms with Gasteiger partial charge in [0.2, 0.25) is 15.9 Å². The van der Waals surface area contributed by atoms with Crippen LogP contribution in [0.3, 0.4) is 0 Å². The Hall–Kier alpha value is -2.26. The molecule has 0 unspecified atom stereocenters. The van der Waals surface area contributed by atoms with Crippen LogP contribution in [-0.4, -0.2) is 41.9 Å². The maximum atomic E-state index is 12.9. The Kier molecular flexibility index (Phi) is 4.87. The first kappa shape index (κ1) is 17.6. The van der Waals surface area contributed by atoms with Gasteiger partial charge in [0.1, 0.15) is 16.4 Å². The third kappa shape index (κ3) is 3.57. The minimum atomic E-state index is -3.74. The molecule has 3 rings (SSSR count). The van der Waals surface area contributed by atoms with Crippen molar-refractivity contribution in [3.63, 3.8) is 0 Å². The summed E-state index contributed by atoms with van der Waals surface area (Å²) in [6.45, 7) is 3.67. The highest BCUT2D eigenvalue weighted by molar-refractivity contribution is 7.89. The first-order valence-corrected chi connectivity index (χ1v) is 9.48. The van der Waals surface area contributed by atoms with Gasteiger partial charge < -0.3 is 9.84 Å². The standard InChI is InChI=1S/C16H20N4O4S/c1-11-15(12(2)24-19-11)25(22,23)20-9-5-6-13(10-20)16(21)18-14-7-3-4-8-17-14/h3-4,7-8,13H,5-6,9-10H2,1-2H3,(H,17,18,21)/t13-/m0/s1. The van der Waals surface area contributed by atoms with Gasteiger partial charge in [-0.3, -0.25) is 4.79 Å². The van der Waals surface area contributed by atoms with Crippen molar-refractivity contribution in [2.75, 3.05) is 18.4 Å². The fourth-order valence-corrected chi connectivity index (χ4v) is 4.83. The summed E-state index contributed by atoms with van der Waals surface area (Å²) < 4.78 is 32.1. The molecule has 0 radical (unpaired) electrons. The van der Waals surface area contributed by atoms with Crippen molar-refractivity contribution < 1.29 is 17.7 Å². The van der Waals surface area contributed by atoms with Gasteiger partial charge in [-0.2, -0.15) is 4.31 Å². The van der Waals surface area contributed by atoms with Crippen molar-refractivity contribution in [1.82, 2.24) is 14.4 Å². The summed E-state index contributed by atoms with van der Waals surface area (Å²) in [6.07, 6.45) is 2.83. The number of hydrogen-bond acceptors (Lipinski definition) is 6. The lowest BCUT2D eigenvalue weighted by atomic mass is 9.99. The van der Waals surface area contributed by atoms with Crippen LogP contribution >= 0.6 is 0 Å². The normalized spacial score (nSPS) is 18.9. The van der Waals surface area contributed by atoms with Crippen LogP contribution in [0.15, 0.2) is 33.8 Å². The molecule has 1 aliphatic heterocycles. The van der Waals surface area contributed by atoms with E-state index in [1.54, 1.807) is 38.2 Å². The summed E-state index contributed by atoms with van der Waals surface area (Å²) >= 11 is 0. The minimum absolute atomic E-state index is 0.0956. The topological polar surface area (TPSA) is 105 Å². The third-order valence-corrected chi connectivity index (χ3v) is 6.35. The molecule has 9 heteroatoms. The minimum Gasteiger partial charge on any atom is -0.360 e. The molecule has 0 aromatic carbocycles. The largest absolute Gasteiger partial charge is 0.360 e. The predicted molar refractivity (Wildman–Crippen MR) is 90.3 cm³/mol. The maximum Gasteiger partial charge on any atom is 0.248 e. The molecule has 1 atom stereocenters.